The van der Waals surface area contributed by atoms with Gasteiger partial charge in [0, 0.05) is 33.4 Å². The summed E-state index contributed by atoms with van der Waals surface area (Å²) < 4.78 is 2.41. The van der Waals surface area contributed by atoms with Gasteiger partial charge in [0.1, 0.15) is 0 Å². The first-order valence-corrected chi connectivity index (χ1v) is 22.2. The molecular weight excluding hydrogens is 761 g/mol. The van der Waals surface area contributed by atoms with Gasteiger partial charge in [-0.15, -0.1) is 0 Å². The van der Waals surface area contributed by atoms with E-state index in [1.54, 1.807) is 0 Å². The maximum absolute atomic E-state index is 2.54. The first-order valence-electron chi connectivity index (χ1n) is 22.2. The third-order valence-electron chi connectivity index (χ3n) is 13.8. The predicted octanol–water partition coefficient (Wildman–Crippen LogP) is 16.0. The number of fused-ring (bicyclic) bond motifs is 13. The van der Waals surface area contributed by atoms with Crippen LogP contribution in [0.15, 0.2) is 236 Å². The van der Waals surface area contributed by atoms with Crippen molar-refractivity contribution < 1.29 is 0 Å². The van der Waals surface area contributed by atoms with Crippen LogP contribution in [0.25, 0.3) is 66.4 Å². The lowest BCUT2D eigenvalue weighted by Gasteiger charge is -2.32. The van der Waals surface area contributed by atoms with Gasteiger partial charge < -0.3 is 9.47 Å². The van der Waals surface area contributed by atoms with Crippen molar-refractivity contribution in [3.63, 3.8) is 0 Å². The van der Waals surface area contributed by atoms with Crippen molar-refractivity contribution in [2.24, 2.45) is 0 Å². The minimum atomic E-state index is -0.386. The first kappa shape index (κ1) is 35.8. The molecule has 2 heteroatoms. The van der Waals surface area contributed by atoms with Crippen molar-refractivity contribution in [3.8, 4) is 39.1 Å². The molecule has 0 aliphatic heterocycles. The fraction of sp³-hybridized carbons (Fsp3) is 0.0492. The Morgan fingerprint density at radius 1 is 0.397 bits per heavy atom. The van der Waals surface area contributed by atoms with E-state index in [2.05, 4.69) is 240 Å². The standard InChI is InChI=1S/C61H42N2/c1-2-17-41(18-3-1)42-35-37-45(38-36-42)62(46-21-14-19-43(39-46)44-20-15-22-47(40-44)63-57-32-12-7-25-50(57)51-26-8-13-33-58(51)63)59-34-16-31-56-60(59)52-27-6-11-30-55(52)61(56)53-28-9-4-23-48(53)49-24-5-10-29-54(49)61/h1-5,7-10,12-40H,6,11H2. The lowest BCUT2D eigenvalue weighted by Crippen LogP contribution is -2.26. The maximum Gasteiger partial charge on any atom is 0.0723 e. The molecule has 0 amide bonds. The monoisotopic (exact) mass is 802 g/mol. The summed E-state index contributed by atoms with van der Waals surface area (Å²) >= 11 is 0. The van der Waals surface area contributed by atoms with Gasteiger partial charge in [-0.1, -0.05) is 176 Å². The number of hydrogen-bond donors (Lipinski definition) is 0. The highest BCUT2D eigenvalue weighted by molar-refractivity contribution is 6.09. The van der Waals surface area contributed by atoms with Crippen molar-refractivity contribution in [3.05, 3.63) is 258 Å². The molecule has 0 bridgehead atoms. The number of benzene rings is 9. The first-order chi connectivity index (χ1) is 31.3. The van der Waals surface area contributed by atoms with Crippen LogP contribution in [0.4, 0.5) is 17.1 Å². The van der Waals surface area contributed by atoms with Gasteiger partial charge in [-0.25, -0.2) is 0 Å². The molecule has 13 rings (SSSR count). The summed E-state index contributed by atoms with van der Waals surface area (Å²) in [6.07, 6.45) is 7.12. The van der Waals surface area contributed by atoms with Gasteiger partial charge in [-0.2, -0.15) is 0 Å². The molecule has 0 fully saturated rings. The van der Waals surface area contributed by atoms with Crippen molar-refractivity contribution in [2.45, 2.75) is 18.3 Å². The van der Waals surface area contributed by atoms with Gasteiger partial charge in [0.15, 0.2) is 0 Å². The zero-order chi connectivity index (χ0) is 41.5. The lowest BCUT2D eigenvalue weighted by atomic mass is 9.69. The molecule has 0 unspecified atom stereocenters. The molecule has 1 aromatic heterocycles. The normalized spacial score (nSPS) is 14.2. The van der Waals surface area contributed by atoms with Crippen molar-refractivity contribution in [1.29, 1.82) is 0 Å². The Hall–Kier alpha value is -7.94. The average molecular weight is 803 g/mol. The van der Waals surface area contributed by atoms with Gasteiger partial charge >= 0.3 is 0 Å². The number of anilines is 3. The van der Waals surface area contributed by atoms with Crippen molar-refractivity contribution >= 4 is 44.4 Å². The lowest BCUT2D eigenvalue weighted by molar-refractivity contribution is 0.782. The molecule has 10 aromatic rings. The van der Waals surface area contributed by atoms with Crippen LogP contribution in [0.2, 0.25) is 0 Å². The molecule has 9 aromatic carbocycles. The van der Waals surface area contributed by atoms with E-state index in [-0.39, 0.29) is 5.41 Å². The zero-order valence-electron chi connectivity index (χ0n) is 34.7. The highest BCUT2D eigenvalue weighted by Gasteiger charge is 2.54. The molecule has 1 spiro atoms. The largest absolute Gasteiger partial charge is 0.310 e. The van der Waals surface area contributed by atoms with Gasteiger partial charge in [-0.05, 0) is 129 Å². The molecular formula is C61H42N2. The van der Waals surface area contributed by atoms with E-state index < -0.39 is 0 Å². The van der Waals surface area contributed by atoms with E-state index in [0.29, 0.717) is 0 Å². The summed E-state index contributed by atoms with van der Waals surface area (Å²) in [5.74, 6) is 0. The Morgan fingerprint density at radius 2 is 0.952 bits per heavy atom. The average Bonchev–Trinajstić information content (AvgIpc) is 3.97. The summed E-state index contributed by atoms with van der Waals surface area (Å²) in [6.45, 7) is 0. The Balaban J connectivity index is 1.01. The quantitative estimate of drug-likeness (QED) is 0.163. The molecule has 0 radical (unpaired) electrons. The van der Waals surface area contributed by atoms with E-state index in [1.807, 2.05) is 0 Å². The highest BCUT2D eigenvalue weighted by atomic mass is 15.1. The van der Waals surface area contributed by atoms with Gasteiger partial charge in [0.2, 0.25) is 0 Å². The second-order valence-corrected chi connectivity index (χ2v) is 17.1. The zero-order valence-corrected chi connectivity index (χ0v) is 34.7. The third-order valence-corrected chi connectivity index (χ3v) is 13.8. The molecule has 3 aliphatic carbocycles. The van der Waals surface area contributed by atoms with Crippen molar-refractivity contribution in [1.82, 2.24) is 4.57 Å². The minimum absolute atomic E-state index is 0.386. The van der Waals surface area contributed by atoms with Crippen LogP contribution in [0.3, 0.4) is 0 Å². The molecule has 2 nitrogen and oxygen atoms in total. The number of aromatic nitrogens is 1. The van der Waals surface area contributed by atoms with Gasteiger partial charge in [0.05, 0.1) is 22.1 Å². The van der Waals surface area contributed by atoms with E-state index >= 15 is 0 Å². The molecule has 0 N–H and O–H groups in total. The number of rotatable bonds is 6. The predicted molar refractivity (Wildman–Crippen MR) is 263 cm³/mol. The van der Waals surface area contributed by atoms with E-state index in [9.17, 15) is 0 Å². The fourth-order valence-corrected chi connectivity index (χ4v) is 11.3. The fourth-order valence-electron chi connectivity index (χ4n) is 11.3. The molecule has 63 heavy (non-hydrogen) atoms. The van der Waals surface area contributed by atoms with E-state index in [0.717, 1.165) is 29.9 Å². The van der Waals surface area contributed by atoms with Crippen LogP contribution in [-0.4, -0.2) is 4.57 Å². The highest BCUT2D eigenvalue weighted by Crippen LogP contribution is 2.66. The number of para-hydroxylation sites is 2. The summed E-state index contributed by atoms with van der Waals surface area (Å²) in [6, 6.07) is 80.8. The van der Waals surface area contributed by atoms with Crippen molar-refractivity contribution in [2.75, 3.05) is 4.90 Å². The van der Waals surface area contributed by atoms with Crippen LogP contribution >= 0.6 is 0 Å². The molecule has 1 heterocycles. The number of nitrogens with zero attached hydrogens (tertiary/aromatic N) is 2. The Bertz CT molecular complexity index is 3410. The smallest absolute Gasteiger partial charge is 0.0723 e. The van der Waals surface area contributed by atoms with Crippen LogP contribution in [-0.2, 0) is 5.41 Å². The molecule has 3 aliphatic rings. The minimum Gasteiger partial charge on any atom is -0.310 e. The van der Waals surface area contributed by atoms with E-state index in [4.69, 9.17) is 0 Å². The van der Waals surface area contributed by atoms with Gasteiger partial charge in [-0.3, -0.25) is 0 Å². The van der Waals surface area contributed by atoms with Gasteiger partial charge in [0.25, 0.3) is 0 Å². The third kappa shape index (κ3) is 5.25. The molecule has 0 saturated heterocycles. The molecule has 296 valence electrons. The molecule has 0 atom stereocenters. The number of hydrogen-bond acceptors (Lipinski definition) is 1. The topological polar surface area (TPSA) is 8.17 Å². The maximum atomic E-state index is 2.54. The summed E-state index contributed by atoms with van der Waals surface area (Å²) in [5.41, 5.74) is 22.3. The van der Waals surface area contributed by atoms with Crippen LogP contribution in [0, 0.1) is 0 Å². The van der Waals surface area contributed by atoms with Crippen LogP contribution in [0.5, 0.6) is 0 Å². The summed E-state index contributed by atoms with van der Waals surface area (Å²) in [7, 11) is 0. The SMILES string of the molecule is C1=C2C(=CCC1)C1(c3ccccc3-c3ccccc31)c1cccc(N(c3ccc(-c4ccccc4)cc3)c3cccc(-c4cccc(-n5c6ccccc6c6ccccc65)c4)c3)c12. The van der Waals surface area contributed by atoms with Crippen LogP contribution < -0.4 is 4.90 Å². The Kier molecular flexibility index (Phi) is 7.98. The summed E-state index contributed by atoms with van der Waals surface area (Å²) in [4.78, 5) is 2.51. The van der Waals surface area contributed by atoms with E-state index in [1.165, 1.54) is 94.3 Å². The second kappa shape index (κ2) is 14.1. The Labute approximate surface area is 368 Å². The molecule has 0 saturated carbocycles. The number of allylic oxidation sites excluding steroid dienone is 4. The Morgan fingerprint density at radius 3 is 1.68 bits per heavy atom. The summed E-state index contributed by atoms with van der Waals surface area (Å²) in [5, 5.41) is 2.53. The van der Waals surface area contributed by atoms with Crippen LogP contribution in [0.1, 0.15) is 35.1 Å². The second-order valence-electron chi connectivity index (χ2n) is 17.1.